The molecule has 0 atom stereocenters. The molecule has 0 N–H and O–H groups in total. The van der Waals surface area contributed by atoms with Crippen LogP contribution < -0.4 is 0 Å². The van der Waals surface area contributed by atoms with E-state index >= 15 is 0 Å². The van der Waals surface area contributed by atoms with Gasteiger partial charge in [-0.1, -0.05) is 67.8 Å². The maximum absolute atomic E-state index is 4.01. The summed E-state index contributed by atoms with van der Waals surface area (Å²) in [6.45, 7) is 8.00. The molecule has 0 spiro atoms. The molecule has 0 amide bonds. The van der Waals surface area contributed by atoms with Crippen LogP contribution in [0.15, 0.2) is 79.9 Å². The van der Waals surface area contributed by atoms with Crippen LogP contribution in [0.2, 0.25) is 0 Å². The monoisotopic (exact) mass is 295 g/mol. The largest absolute Gasteiger partial charge is 0.309 e. The van der Waals surface area contributed by atoms with E-state index in [1.54, 1.807) is 0 Å². The van der Waals surface area contributed by atoms with Crippen molar-refractivity contribution >= 4 is 33.8 Å². The van der Waals surface area contributed by atoms with Crippen LogP contribution in [0.3, 0.4) is 0 Å². The molecular formula is C22H17N. The Morgan fingerprint density at radius 3 is 2.26 bits per heavy atom. The fourth-order valence-corrected chi connectivity index (χ4v) is 3.29. The molecule has 110 valence electrons. The highest BCUT2D eigenvalue weighted by atomic mass is 15.0. The van der Waals surface area contributed by atoms with E-state index in [1.165, 1.54) is 21.7 Å². The van der Waals surface area contributed by atoms with Crippen LogP contribution in [0, 0.1) is 0 Å². The molecule has 0 unspecified atom stereocenters. The Balaban J connectivity index is 2.11. The highest BCUT2D eigenvalue weighted by Crippen LogP contribution is 2.32. The second kappa shape index (κ2) is 5.29. The predicted molar refractivity (Wildman–Crippen MR) is 101 cm³/mol. The summed E-state index contributed by atoms with van der Waals surface area (Å²) in [5.41, 5.74) is 4.52. The highest BCUT2D eigenvalue weighted by molar-refractivity contribution is 5.95. The van der Waals surface area contributed by atoms with E-state index in [2.05, 4.69) is 84.5 Å². The van der Waals surface area contributed by atoms with Gasteiger partial charge in [0.25, 0.3) is 0 Å². The Morgan fingerprint density at radius 2 is 1.48 bits per heavy atom. The van der Waals surface area contributed by atoms with Gasteiger partial charge in [0.05, 0.1) is 11.2 Å². The minimum Gasteiger partial charge on any atom is -0.309 e. The third kappa shape index (κ3) is 2.01. The summed E-state index contributed by atoms with van der Waals surface area (Å²) >= 11 is 0. The Kier molecular flexibility index (Phi) is 3.13. The topological polar surface area (TPSA) is 4.93 Å². The Labute approximate surface area is 135 Å². The first-order valence-corrected chi connectivity index (χ1v) is 7.71. The average molecular weight is 295 g/mol. The molecule has 3 aromatic carbocycles. The molecule has 0 saturated carbocycles. The molecule has 0 aliphatic heterocycles. The maximum Gasteiger partial charge on any atom is 0.0541 e. The SMILES string of the molecule is C=Cc1c(C=C)n(-c2ccc3ccccc3c2)c2ccccc12. The lowest BCUT2D eigenvalue weighted by molar-refractivity contribution is 1.11. The first kappa shape index (κ1) is 13.6. The van der Waals surface area contributed by atoms with E-state index < -0.39 is 0 Å². The zero-order valence-corrected chi connectivity index (χ0v) is 12.9. The van der Waals surface area contributed by atoms with Gasteiger partial charge in [-0.25, -0.2) is 0 Å². The molecule has 23 heavy (non-hydrogen) atoms. The number of benzene rings is 3. The van der Waals surface area contributed by atoms with Gasteiger partial charge in [-0.3, -0.25) is 0 Å². The molecule has 0 fully saturated rings. The van der Waals surface area contributed by atoms with Crippen molar-refractivity contribution in [3.05, 3.63) is 91.1 Å². The normalized spacial score (nSPS) is 11.0. The van der Waals surface area contributed by atoms with E-state index in [0.717, 1.165) is 16.9 Å². The number of hydrogen-bond donors (Lipinski definition) is 0. The first-order valence-electron chi connectivity index (χ1n) is 7.71. The van der Waals surface area contributed by atoms with Crippen LogP contribution in [0.25, 0.3) is 39.5 Å². The lowest BCUT2D eigenvalue weighted by atomic mass is 10.1. The van der Waals surface area contributed by atoms with E-state index in [0.29, 0.717) is 0 Å². The fraction of sp³-hybridized carbons (Fsp3) is 0. The Morgan fingerprint density at radius 1 is 0.739 bits per heavy atom. The molecule has 1 aromatic heterocycles. The highest BCUT2D eigenvalue weighted by Gasteiger charge is 2.14. The molecule has 1 heterocycles. The van der Waals surface area contributed by atoms with E-state index in [9.17, 15) is 0 Å². The lowest BCUT2D eigenvalue weighted by Gasteiger charge is -2.10. The van der Waals surface area contributed by atoms with E-state index in [-0.39, 0.29) is 0 Å². The van der Waals surface area contributed by atoms with Crippen LogP contribution in [0.4, 0.5) is 0 Å². The molecule has 0 radical (unpaired) electrons. The predicted octanol–water partition coefficient (Wildman–Crippen LogP) is 6.07. The number of aromatic nitrogens is 1. The van der Waals surface area contributed by atoms with Crippen molar-refractivity contribution in [2.24, 2.45) is 0 Å². The number of para-hydroxylation sites is 1. The van der Waals surface area contributed by atoms with Gasteiger partial charge in [0.1, 0.15) is 0 Å². The number of hydrogen-bond acceptors (Lipinski definition) is 0. The maximum atomic E-state index is 4.01. The van der Waals surface area contributed by atoms with Crippen LogP contribution in [0.5, 0.6) is 0 Å². The van der Waals surface area contributed by atoms with Crippen LogP contribution in [-0.2, 0) is 0 Å². The van der Waals surface area contributed by atoms with Crippen molar-refractivity contribution in [2.45, 2.75) is 0 Å². The van der Waals surface area contributed by atoms with Crippen molar-refractivity contribution in [3.8, 4) is 5.69 Å². The molecule has 4 rings (SSSR count). The smallest absolute Gasteiger partial charge is 0.0541 e. The van der Waals surface area contributed by atoms with Gasteiger partial charge in [-0.2, -0.15) is 0 Å². The molecule has 4 aromatic rings. The first-order chi connectivity index (χ1) is 11.3. The summed E-state index contributed by atoms with van der Waals surface area (Å²) in [5, 5.41) is 3.68. The van der Waals surface area contributed by atoms with Gasteiger partial charge >= 0.3 is 0 Å². The standard InChI is InChI=1S/C22H17N/c1-3-19-20-11-7-8-12-22(20)23(21(19)4-2)18-14-13-16-9-5-6-10-17(16)15-18/h3-15H,1-2H2. The third-order valence-electron chi connectivity index (χ3n) is 4.34. The summed E-state index contributed by atoms with van der Waals surface area (Å²) in [4.78, 5) is 0. The van der Waals surface area contributed by atoms with Crippen molar-refractivity contribution < 1.29 is 0 Å². The van der Waals surface area contributed by atoms with Crippen molar-refractivity contribution in [2.75, 3.05) is 0 Å². The Hall–Kier alpha value is -3.06. The number of fused-ring (bicyclic) bond motifs is 2. The minimum absolute atomic E-state index is 1.08. The van der Waals surface area contributed by atoms with Gasteiger partial charge in [0, 0.05) is 16.6 Å². The van der Waals surface area contributed by atoms with Crippen molar-refractivity contribution in [3.63, 3.8) is 0 Å². The molecule has 0 bridgehead atoms. The fourth-order valence-electron chi connectivity index (χ4n) is 3.29. The zero-order chi connectivity index (χ0) is 15.8. The molecule has 0 aliphatic rings. The van der Waals surface area contributed by atoms with Gasteiger partial charge in [0.2, 0.25) is 0 Å². The Bertz CT molecular complexity index is 1050. The lowest BCUT2D eigenvalue weighted by Crippen LogP contribution is -1.96. The molecule has 1 nitrogen and oxygen atoms in total. The van der Waals surface area contributed by atoms with Gasteiger partial charge < -0.3 is 4.57 Å². The molecule has 1 heteroatoms. The van der Waals surface area contributed by atoms with Crippen LogP contribution in [-0.4, -0.2) is 4.57 Å². The summed E-state index contributed by atoms with van der Waals surface area (Å²) in [6.07, 6.45) is 3.82. The molecular weight excluding hydrogens is 278 g/mol. The van der Waals surface area contributed by atoms with Crippen LogP contribution in [0.1, 0.15) is 11.3 Å². The molecule has 0 aliphatic carbocycles. The quantitative estimate of drug-likeness (QED) is 0.432. The zero-order valence-electron chi connectivity index (χ0n) is 12.9. The van der Waals surface area contributed by atoms with Gasteiger partial charge in [0.15, 0.2) is 0 Å². The second-order valence-electron chi connectivity index (χ2n) is 5.59. The summed E-state index contributed by atoms with van der Waals surface area (Å²) in [7, 11) is 0. The summed E-state index contributed by atoms with van der Waals surface area (Å²) in [6, 6.07) is 23.4. The second-order valence-corrected chi connectivity index (χ2v) is 5.59. The van der Waals surface area contributed by atoms with Crippen molar-refractivity contribution in [1.82, 2.24) is 4.57 Å². The van der Waals surface area contributed by atoms with Gasteiger partial charge in [-0.15, -0.1) is 0 Å². The summed E-state index contributed by atoms with van der Waals surface area (Å²) in [5.74, 6) is 0. The minimum atomic E-state index is 1.08. The van der Waals surface area contributed by atoms with Crippen molar-refractivity contribution in [1.29, 1.82) is 0 Å². The summed E-state index contributed by atoms with van der Waals surface area (Å²) < 4.78 is 2.26. The van der Waals surface area contributed by atoms with Gasteiger partial charge in [-0.05, 0) is 35.0 Å². The average Bonchev–Trinajstić information content (AvgIpc) is 2.94. The molecule has 0 saturated heterocycles. The van der Waals surface area contributed by atoms with Crippen LogP contribution >= 0.6 is 0 Å². The van der Waals surface area contributed by atoms with E-state index in [4.69, 9.17) is 0 Å². The third-order valence-corrected chi connectivity index (χ3v) is 4.34. The van der Waals surface area contributed by atoms with E-state index in [1.807, 2.05) is 12.2 Å². The number of nitrogens with zero attached hydrogens (tertiary/aromatic N) is 1. The number of rotatable bonds is 3.